The lowest BCUT2D eigenvalue weighted by atomic mass is 10.1. The molecule has 1 N–H and O–H groups in total. The van der Waals surface area contributed by atoms with E-state index in [0.717, 1.165) is 5.56 Å². The van der Waals surface area contributed by atoms with Gasteiger partial charge in [0.15, 0.2) is 5.78 Å². The Labute approximate surface area is 108 Å². The average molecular weight is 260 g/mol. The molecule has 0 saturated carbocycles. The molecule has 0 amide bonds. The number of benzene rings is 1. The predicted octanol–water partition coefficient (Wildman–Crippen LogP) is 2.52. The normalized spacial score (nSPS) is 13.9. The lowest BCUT2D eigenvalue weighted by Crippen LogP contribution is -1.97. The van der Waals surface area contributed by atoms with Crippen LogP contribution in [0.1, 0.15) is 28.0 Å². The Hall–Kier alpha value is -2.37. The van der Waals surface area contributed by atoms with Crippen LogP contribution in [0, 0.1) is 17.0 Å². The summed E-state index contributed by atoms with van der Waals surface area (Å²) < 4.78 is 5.16. The maximum absolute atomic E-state index is 11.7. The molecule has 0 unspecified atom stereocenters. The number of hydrogen-bond donors (Lipinski definition) is 1. The fraction of sp³-hybridized carbons (Fsp3) is 0.308. The lowest BCUT2D eigenvalue weighted by Gasteiger charge is -2.07. The molecule has 19 heavy (non-hydrogen) atoms. The number of nitro benzene ring substituents is 1. The number of nitro groups is 1. The van der Waals surface area contributed by atoms with Gasteiger partial charge in [0, 0.05) is 12.0 Å². The molecule has 0 aliphatic heterocycles. The Kier molecular flexibility index (Phi) is 2.35. The van der Waals surface area contributed by atoms with Crippen molar-refractivity contribution < 1.29 is 14.5 Å². The van der Waals surface area contributed by atoms with Gasteiger partial charge in [-0.1, -0.05) is 0 Å². The van der Waals surface area contributed by atoms with Crippen LogP contribution in [-0.4, -0.2) is 22.8 Å². The zero-order valence-electron chi connectivity index (χ0n) is 10.6. The molecule has 0 saturated heterocycles. The van der Waals surface area contributed by atoms with Crippen LogP contribution in [0.2, 0.25) is 0 Å². The van der Waals surface area contributed by atoms with Gasteiger partial charge in [-0.25, -0.2) is 0 Å². The average Bonchev–Trinajstić information content (AvgIpc) is 2.87. The summed E-state index contributed by atoms with van der Waals surface area (Å²) in [4.78, 5) is 25.6. The molecule has 0 spiro atoms. The fourth-order valence-corrected chi connectivity index (χ4v) is 2.80. The molecule has 98 valence electrons. The van der Waals surface area contributed by atoms with E-state index in [1.54, 1.807) is 13.0 Å². The standard InChI is InChI=1S/C13H12N2O4/c1-6-5-8-10(12(15(17)18)13(6)19-2)7-3-4-9(16)11(7)14-8/h5,14H,3-4H2,1-2H3. The van der Waals surface area contributed by atoms with E-state index in [4.69, 9.17) is 4.74 Å². The van der Waals surface area contributed by atoms with Crippen molar-refractivity contribution in [3.63, 3.8) is 0 Å². The minimum absolute atomic E-state index is 0.0112. The Morgan fingerprint density at radius 3 is 2.79 bits per heavy atom. The molecule has 1 aromatic carbocycles. The highest BCUT2D eigenvalue weighted by atomic mass is 16.6. The number of nitrogens with zero attached hydrogens (tertiary/aromatic N) is 1. The quantitative estimate of drug-likeness (QED) is 0.664. The first-order valence-electron chi connectivity index (χ1n) is 5.94. The zero-order valence-corrected chi connectivity index (χ0v) is 10.6. The first-order chi connectivity index (χ1) is 9.04. The minimum Gasteiger partial charge on any atom is -0.490 e. The topological polar surface area (TPSA) is 85.2 Å². The minimum atomic E-state index is -0.439. The van der Waals surface area contributed by atoms with Crippen LogP contribution in [0.5, 0.6) is 5.75 Å². The number of methoxy groups -OCH3 is 1. The van der Waals surface area contributed by atoms with E-state index < -0.39 is 4.92 Å². The van der Waals surface area contributed by atoms with Crippen molar-refractivity contribution >= 4 is 22.4 Å². The van der Waals surface area contributed by atoms with Gasteiger partial charge < -0.3 is 9.72 Å². The lowest BCUT2D eigenvalue weighted by molar-refractivity contribution is -0.384. The molecule has 1 aromatic heterocycles. The number of aryl methyl sites for hydroxylation is 2. The van der Waals surface area contributed by atoms with Gasteiger partial charge in [-0.2, -0.15) is 0 Å². The summed E-state index contributed by atoms with van der Waals surface area (Å²) in [5.74, 6) is 0.274. The number of aromatic nitrogens is 1. The number of fused-ring (bicyclic) bond motifs is 3. The molecular formula is C13H12N2O4. The van der Waals surface area contributed by atoms with Crippen molar-refractivity contribution in [2.24, 2.45) is 0 Å². The second-order valence-corrected chi connectivity index (χ2v) is 4.66. The molecule has 0 radical (unpaired) electrons. The maximum atomic E-state index is 11.7. The molecule has 6 nitrogen and oxygen atoms in total. The van der Waals surface area contributed by atoms with Gasteiger partial charge >= 0.3 is 5.69 Å². The molecule has 6 heteroatoms. The smallest absolute Gasteiger partial charge is 0.320 e. The van der Waals surface area contributed by atoms with E-state index >= 15 is 0 Å². The van der Waals surface area contributed by atoms with Crippen molar-refractivity contribution in [3.8, 4) is 5.75 Å². The number of aromatic amines is 1. The number of carbonyl (C=O) groups is 1. The first-order valence-corrected chi connectivity index (χ1v) is 5.94. The highest BCUT2D eigenvalue weighted by molar-refractivity contribution is 6.08. The molecular weight excluding hydrogens is 248 g/mol. The summed E-state index contributed by atoms with van der Waals surface area (Å²) in [5, 5.41) is 11.9. The molecule has 0 bridgehead atoms. The number of rotatable bonds is 2. The molecule has 1 aliphatic carbocycles. The van der Waals surface area contributed by atoms with Gasteiger partial charge in [0.25, 0.3) is 0 Å². The van der Waals surface area contributed by atoms with Crippen LogP contribution in [0.3, 0.4) is 0 Å². The van der Waals surface area contributed by atoms with Gasteiger partial charge in [0.2, 0.25) is 5.75 Å². The zero-order chi connectivity index (χ0) is 13.7. The van der Waals surface area contributed by atoms with Crippen LogP contribution < -0.4 is 4.74 Å². The van der Waals surface area contributed by atoms with Crippen molar-refractivity contribution in [2.75, 3.05) is 7.11 Å². The van der Waals surface area contributed by atoms with Gasteiger partial charge in [0.1, 0.15) is 0 Å². The van der Waals surface area contributed by atoms with Gasteiger partial charge in [-0.3, -0.25) is 14.9 Å². The van der Waals surface area contributed by atoms with Crippen molar-refractivity contribution in [1.29, 1.82) is 0 Å². The van der Waals surface area contributed by atoms with E-state index in [0.29, 0.717) is 35.0 Å². The summed E-state index contributed by atoms with van der Waals surface area (Å²) in [6, 6.07) is 1.78. The first kappa shape index (κ1) is 11.7. The monoisotopic (exact) mass is 260 g/mol. The second kappa shape index (κ2) is 3.81. The number of hydrogen-bond acceptors (Lipinski definition) is 4. The highest BCUT2D eigenvalue weighted by Crippen LogP contribution is 2.42. The Bertz CT molecular complexity index is 730. The van der Waals surface area contributed by atoms with Crippen molar-refractivity contribution in [1.82, 2.24) is 4.98 Å². The van der Waals surface area contributed by atoms with Gasteiger partial charge in [0.05, 0.1) is 28.6 Å². The largest absolute Gasteiger partial charge is 0.490 e. The van der Waals surface area contributed by atoms with E-state index in [1.165, 1.54) is 7.11 Å². The summed E-state index contributed by atoms with van der Waals surface area (Å²) in [6.45, 7) is 1.75. The van der Waals surface area contributed by atoms with Crippen molar-refractivity contribution in [3.05, 3.63) is 33.0 Å². The van der Waals surface area contributed by atoms with Crippen LogP contribution in [-0.2, 0) is 6.42 Å². The Morgan fingerprint density at radius 1 is 1.42 bits per heavy atom. The third kappa shape index (κ3) is 1.46. The Morgan fingerprint density at radius 2 is 2.16 bits per heavy atom. The number of carbonyl (C=O) groups excluding carboxylic acids is 1. The van der Waals surface area contributed by atoms with Crippen LogP contribution in [0.25, 0.3) is 10.9 Å². The number of Topliss-reactive ketones (excluding diaryl/α,β-unsaturated/α-hetero) is 1. The summed E-state index contributed by atoms with van der Waals surface area (Å²) >= 11 is 0. The summed E-state index contributed by atoms with van der Waals surface area (Å²) in [7, 11) is 1.42. The van der Waals surface area contributed by atoms with E-state index in [-0.39, 0.29) is 17.2 Å². The number of ketones is 1. The Balaban J connectivity index is 2.48. The molecule has 1 aliphatic rings. The maximum Gasteiger partial charge on any atom is 0.320 e. The van der Waals surface area contributed by atoms with Crippen LogP contribution in [0.4, 0.5) is 5.69 Å². The SMILES string of the molecule is COc1c(C)cc2[nH]c3c(c2c1[N+](=O)[O-])CCC3=O. The second-order valence-electron chi connectivity index (χ2n) is 4.66. The van der Waals surface area contributed by atoms with Crippen molar-refractivity contribution in [2.45, 2.75) is 19.8 Å². The summed E-state index contributed by atoms with van der Waals surface area (Å²) in [6.07, 6.45) is 0.950. The van der Waals surface area contributed by atoms with E-state index in [9.17, 15) is 14.9 Å². The molecule has 0 atom stereocenters. The predicted molar refractivity (Wildman–Crippen MR) is 68.9 cm³/mol. The van der Waals surface area contributed by atoms with Gasteiger partial charge in [-0.15, -0.1) is 0 Å². The van der Waals surface area contributed by atoms with Gasteiger partial charge in [-0.05, 0) is 25.0 Å². The number of H-pyrrole nitrogens is 1. The summed E-state index contributed by atoms with van der Waals surface area (Å²) in [5.41, 5.74) is 2.50. The van der Waals surface area contributed by atoms with Crippen LogP contribution >= 0.6 is 0 Å². The molecule has 2 aromatic rings. The third-order valence-electron chi connectivity index (χ3n) is 3.57. The molecule has 1 heterocycles. The highest BCUT2D eigenvalue weighted by Gasteiger charge is 2.32. The number of ether oxygens (including phenoxy) is 1. The third-order valence-corrected chi connectivity index (χ3v) is 3.57. The fourth-order valence-electron chi connectivity index (χ4n) is 2.80. The molecule has 3 rings (SSSR count). The van der Waals surface area contributed by atoms with E-state index in [1.807, 2.05) is 0 Å². The van der Waals surface area contributed by atoms with E-state index in [2.05, 4.69) is 4.98 Å². The molecule has 0 fully saturated rings. The number of nitrogens with one attached hydrogen (secondary N) is 1. The van der Waals surface area contributed by atoms with Crippen LogP contribution in [0.15, 0.2) is 6.07 Å².